The van der Waals surface area contributed by atoms with Crippen molar-refractivity contribution in [2.45, 2.75) is 19.4 Å². The van der Waals surface area contributed by atoms with Gasteiger partial charge in [-0.2, -0.15) is 0 Å². The van der Waals surface area contributed by atoms with E-state index in [4.69, 9.17) is 11.6 Å². The third kappa shape index (κ3) is 2.66. The second-order valence-electron chi connectivity index (χ2n) is 4.47. The SMILES string of the molecule is CC[C@@H](c1c(F)ccc(Cl)c1F)N1CCNCC1. The van der Waals surface area contributed by atoms with E-state index in [0.29, 0.717) is 6.42 Å². The van der Waals surface area contributed by atoms with Crippen LogP contribution in [0.25, 0.3) is 0 Å². The zero-order valence-electron chi connectivity index (χ0n) is 10.3. The van der Waals surface area contributed by atoms with E-state index in [0.717, 1.165) is 26.2 Å². The Morgan fingerprint density at radius 3 is 2.61 bits per heavy atom. The Bertz CT molecular complexity index is 420. The van der Waals surface area contributed by atoms with Gasteiger partial charge in [0.1, 0.15) is 11.6 Å². The first-order chi connectivity index (χ1) is 8.65. The lowest BCUT2D eigenvalue weighted by Gasteiger charge is -2.35. The molecule has 2 rings (SSSR count). The van der Waals surface area contributed by atoms with Crippen LogP contribution in [0.3, 0.4) is 0 Å². The van der Waals surface area contributed by atoms with Gasteiger partial charge in [-0.05, 0) is 18.6 Å². The van der Waals surface area contributed by atoms with Gasteiger partial charge < -0.3 is 5.32 Å². The maximum atomic E-state index is 14.0. The summed E-state index contributed by atoms with van der Waals surface area (Å²) in [6.45, 7) is 5.22. The Morgan fingerprint density at radius 2 is 2.00 bits per heavy atom. The normalized spacial score (nSPS) is 18.9. The van der Waals surface area contributed by atoms with Crippen LogP contribution < -0.4 is 5.32 Å². The third-order valence-corrected chi connectivity index (χ3v) is 3.68. The van der Waals surface area contributed by atoms with Gasteiger partial charge in [0.25, 0.3) is 0 Å². The summed E-state index contributed by atoms with van der Waals surface area (Å²) in [5, 5.41) is 3.22. The molecule has 5 heteroatoms. The summed E-state index contributed by atoms with van der Waals surface area (Å²) in [5.74, 6) is -1.13. The fourth-order valence-electron chi connectivity index (χ4n) is 2.49. The summed E-state index contributed by atoms with van der Waals surface area (Å²) >= 11 is 5.75. The van der Waals surface area contributed by atoms with E-state index in [1.54, 1.807) is 0 Å². The molecule has 18 heavy (non-hydrogen) atoms. The van der Waals surface area contributed by atoms with Crippen LogP contribution in [0.2, 0.25) is 5.02 Å². The number of halogens is 3. The number of hydrogen-bond donors (Lipinski definition) is 1. The van der Waals surface area contributed by atoms with Crippen molar-refractivity contribution in [3.05, 3.63) is 34.4 Å². The van der Waals surface area contributed by atoms with Crippen molar-refractivity contribution in [2.24, 2.45) is 0 Å². The molecule has 1 aromatic carbocycles. The van der Waals surface area contributed by atoms with E-state index >= 15 is 0 Å². The van der Waals surface area contributed by atoms with Crippen molar-refractivity contribution in [1.82, 2.24) is 10.2 Å². The maximum Gasteiger partial charge on any atom is 0.149 e. The fourth-order valence-corrected chi connectivity index (χ4v) is 2.65. The minimum absolute atomic E-state index is 0.0139. The van der Waals surface area contributed by atoms with Gasteiger partial charge in [0, 0.05) is 37.8 Å². The Morgan fingerprint density at radius 1 is 1.33 bits per heavy atom. The average Bonchev–Trinajstić information content (AvgIpc) is 2.40. The van der Waals surface area contributed by atoms with Crippen molar-refractivity contribution in [3.63, 3.8) is 0 Å². The van der Waals surface area contributed by atoms with E-state index in [1.165, 1.54) is 12.1 Å². The summed E-state index contributed by atoms with van der Waals surface area (Å²) < 4.78 is 27.9. The van der Waals surface area contributed by atoms with Gasteiger partial charge in [-0.3, -0.25) is 4.90 Å². The number of rotatable bonds is 3. The minimum atomic E-state index is -0.623. The topological polar surface area (TPSA) is 15.3 Å². The lowest BCUT2D eigenvalue weighted by molar-refractivity contribution is 0.163. The Hall–Kier alpha value is -0.710. The predicted octanol–water partition coefficient (Wildman–Crippen LogP) is 2.97. The van der Waals surface area contributed by atoms with Crippen LogP contribution in [0.1, 0.15) is 24.9 Å². The summed E-state index contributed by atoms with van der Waals surface area (Å²) in [7, 11) is 0. The number of benzene rings is 1. The van der Waals surface area contributed by atoms with E-state index < -0.39 is 11.6 Å². The highest BCUT2D eigenvalue weighted by atomic mass is 35.5. The highest BCUT2D eigenvalue weighted by Crippen LogP contribution is 2.32. The highest BCUT2D eigenvalue weighted by molar-refractivity contribution is 6.30. The lowest BCUT2D eigenvalue weighted by atomic mass is 10.0. The summed E-state index contributed by atoms with van der Waals surface area (Å²) in [6.07, 6.45) is 0.661. The molecule has 0 spiro atoms. The lowest BCUT2D eigenvalue weighted by Crippen LogP contribution is -2.45. The van der Waals surface area contributed by atoms with Crippen molar-refractivity contribution in [2.75, 3.05) is 26.2 Å². The molecule has 1 aromatic rings. The van der Waals surface area contributed by atoms with Crippen LogP contribution in [0.15, 0.2) is 12.1 Å². The van der Waals surface area contributed by atoms with Crippen molar-refractivity contribution in [3.8, 4) is 0 Å². The number of piperazine rings is 1. The van der Waals surface area contributed by atoms with Gasteiger partial charge in [-0.1, -0.05) is 18.5 Å². The van der Waals surface area contributed by atoms with Gasteiger partial charge in [0.15, 0.2) is 0 Å². The molecule has 0 saturated carbocycles. The molecule has 1 saturated heterocycles. The smallest absolute Gasteiger partial charge is 0.149 e. The third-order valence-electron chi connectivity index (χ3n) is 3.39. The quantitative estimate of drug-likeness (QED) is 0.853. The molecule has 1 fully saturated rings. The summed E-state index contributed by atoms with van der Waals surface area (Å²) in [4.78, 5) is 2.11. The molecule has 1 aliphatic rings. The second kappa shape index (κ2) is 5.95. The predicted molar refractivity (Wildman–Crippen MR) is 68.8 cm³/mol. The number of nitrogens with zero attached hydrogens (tertiary/aromatic N) is 1. The molecule has 1 atom stereocenters. The Labute approximate surface area is 111 Å². The van der Waals surface area contributed by atoms with Crippen molar-refractivity contribution < 1.29 is 8.78 Å². The van der Waals surface area contributed by atoms with E-state index in [1.807, 2.05) is 6.92 Å². The van der Waals surface area contributed by atoms with Crippen LogP contribution in [0.4, 0.5) is 8.78 Å². The molecule has 1 N–H and O–H groups in total. The molecule has 0 aromatic heterocycles. The first-order valence-electron chi connectivity index (χ1n) is 6.23. The average molecular weight is 275 g/mol. The van der Waals surface area contributed by atoms with E-state index in [9.17, 15) is 8.78 Å². The molecule has 1 aliphatic heterocycles. The zero-order valence-corrected chi connectivity index (χ0v) is 11.1. The molecule has 0 amide bonds. The van der Waals surface area contributed by atoms with Gasteiger partial charge in [-0.15, -0.1) is 0 Å². The molecule has 0 radical (unpaired) electrons. The van der Waals surface area contributed by atoms with Crippen LogP contribution in [0.5, 0.6) is 0 Å². The minimum Gasteiger partial charge on any atom is -0.314 e. The van der Waals surface area contributed by atoms with Crippen molar-refractivity contribution in [1.29, 1.82) is 0 Å². The fraction of sp³-hybridized carbons (Fsp3) is 0.538. The van der Waals surface area contributed by atoms with Crippen LogP contribution in [-0.2, 0) is 0 Å². The summed E-state index contributed by atoms with van der Waals surface area (Å²) in [6, 6.07) is 2.26. The van der Waals surface area contributed by atoms with E-state index in [2.05, 4.69) is 10.2 Å². The van der Waals surface area contributed by atoms with Gasteiger partial charge in [0.2, 0.25) is 0 Å². The van der Waals surface area contributed by atoms with Crippen molar-refractivity contribution >= 4 is 11.6 Å². The molecule has 0 aliphatic carbocycles. The molecule has 0 unspecified atom stereocenters. The molecule has 2 nitrogen and oxygen atoms in total. The number of nitrogens with one attached hydrogen (secondary N) is 1. The molecule has 0 bridgehead atoms. The first-order valence-corrected chi connectivity index (χ1v) is 6.61. The Kier molecular flexibility index (Phi) is 4.54. The standard InChI is InChI=1S/C13H17ClF2N2/c1-2-11(18-7-5-17-6-8-18)12-10(15)4-3-9(14)13(12)16/h3-4,11,17H,2,5-8H2,1H3/t11-/m0/s1. The van der Waals surface area contributed by atoms with Crippen LogP contribution in [0, 0.1) is 11.6 Å². The largest absolute Gasteiger partial charge is 0.314 e. The number of hydrogen-bond acceptors (Lipinski definition) is 2. The molecule has 1 heterocycles. The van der Waals surface area contributed by atoms with Gasteiger partial charge in [0.05, 0.1) is 5.02 Å². The van der Waals surface area contributed by atoms with Gasteiger partial charge >= 0.3 is 0 Å². The maximum absolute atomic E-state index is 14.0. The summed E-state index contributed by atoms with van der Waals surface area (Å²) in [5.41, 5.74) is 0.104. The van der Waals surface area contributed by atoms with Crippen LogP contribution in [-0.4, -0.2) is 31.1 Å². The van der Waals surface area contributed by atoms with E-state index in [-0.39, 0.29) is 16.6 Å². The monoisotopic (exact) mass is 274 g/mol. The van der Waals surface area contributed by atoms with Crippen LogP contribution >= 0.6 is 11.6 Å². The molecule has 100 valence electrons. The first kappa shape index (κ1) is 13.7. The highest BCUT2D eigenvalue weighted by Gasteiger charge is 2.27. The van der Waals surface area contributed by atoms with Gasteiger partial charge in [-0.25, -0.2) is 8.78 Å². The second-order valence-corrected chi connectivity index (χ2v) is 4.87. The zero-order chi connectivity index (χ0) is 13.1. The Balaban J connectivity index is 2.34. The molecular weight excluding hydrogens is 258 g/mol. The molecular formula is C13H17ClF2N2.